The summed E-state index contributed by atoms with van der Waals surface area (Å²) in [6.07, 6.45) is 12.7. The standard InChI is InChI=1S/C31H35FN4O/c1-2-3-4-5-6-8-22-13-18-29(27(32)19-22)36-30(24-14-11-23(21-33)12-15-24)20-28(35-36)31(37)25-9-7-10-26(34)17-16-25/h6,8,11-15,18-20,25-26H,2-5,7,9-10,16-17,34H2,1H3/b8-6+/t25?,26-/m1/s1. The van der Waals surface area contributed by atoms with Crippen molar-refractivity contribution in [1.82, 2.24) is 9.78 Å². The normalized spacial score (nSPS) is 18.0. The van der Waals surface area contributed by atoms with E-state index >= 15 is 4.39 Å². The number of rotatable bonds is 9. The van der Waals surface area contributed by atoms with Crippen molar-refractivity contribution in [1.29, 1.82) is 5.26 Å². The molecule has 0 aliphatic heterocycles. The lowest BCUT2D eigenvalue weighted by Crippen LogP contribution is -2.19. The summed E-state index contributed by atoms with van der Waals surface area (Å²) in [7, 11) is 0. The maximum atomic E-state index is 15.4. The Hall–Kier alpha value is -3.56. The predicted octanol–water partition coefficient (Wildman–Crippen LogP) is 7.23. The summed E-state index contributed by atoms with van der Waals surface area (Å²) in [6.45, 7) is 2.17. The van der Waals surface area contributed by atoms with Crippen molar-refractivity contribution in [2.24, 2.45) is 11.7 Å². The Morgan fingerprint density at radius 1 is 1.14 bits per heavy atom. The molecule has 1 heterocycles. The van der Waals surface area contributed by atoms with Gasteiger partial charge in [0.05, 0.1) is 17.3 Å². The molecule has 0 saturated heterocycles. The summed E-state index contributed by atoms with van der Waals surface area (Å²) in [4.78, 5) is 13.5. The van der Waals surface area contributed by atoms with Crippen LogP contribution < -0.4 is 5.73 Å². The average Bonchev–Trinajstić information content (AvgIpc) is 3.23. The van der Waals surface area contributed by atoms with E-state index in [1.54, 1.807) is 36.4 Å². The third-order valence-electron chi connectivity index (χ3n) is 7.14. The van der Waals surface area contributed by atoms with E-state index in [4.69, 9.17) is 5.73 Å². The van der Waals surface area contributed by atoms with Gasteiger partial charge in [0.2, 0.25) is 0 Å². The molecule has 0 bridgehead atoms. The summed E-state index contributed by atoms with van der Waals surface area (Å²) < 4.78 is 16.9. The molecule has 5 nitrogen and oxygen atoms in total. The highest BCUT2D eigenvalue weighted by Gasteiger charge is 2.27. The minimum Gasteiger partial charge on any atom is -0.328 e. The largest absolute Gasteiger partial charge is 0.328 e. The predicted molar refractivity (Wildman–Crippen MR) is 146 cm³/mol. The average molecular weight is 499 g/mol. The van der Waals surface area contributed by atoms with Crippen molar-refractivity contribution in [2.75, 3.05) is 0 Å². The lowest BCUT2D eigenvalue weighted by molar-refractivity contribution is 0.0902. The van der Waals surface area contributed by atoms with Crippen LogP contribution in [0.3, 0.4) is 0 Å². The molecule has 1 saturated carbocycles. The zero-order valence-corrected chi connectivity index (χ0v) is 21.5. The van der Waals surface area contributed by atoms with E-state index in [-0.39, 0.29) is 23.4 Å². The summed E-state index contributed by atoms with van der Waals surface area (Å²) in [6, 6.07) is 16.1. The van der Waals surface area contributed by atoms with Crippen molar-refractivity contribution in [3.63, 3.8) is 0 Å². The molecule has 1 aliphatic rings. The quantitative estimate of drug-likeness (QED) is 0.191. The van der Waals surface area contributed by atoms with E-state index in [0.717, 1.165) is 56.1 Å². The van der Waals surface area contributed by atoms with Gasteiger partial charge in [0.1, 0.15) is 17.2 Å². The second kappa shape index (κ2) is 12.6. The number of nitriles is 1. The molecule has 0 radical (unpaired) electrons. The molecular formula is C31H35FN4O. The van der Waals surface area contributed by atoms with Gasteiger partial charge < -0.3 is 5.73 Å². The van der Waals surface area contributed by atoms with E-state index < -0.39 is 5.82 Å². The highest BCUT2D eigenvalue weighted by Crippen LogP contribution is 2.30. The number of carbonyl (C=O) groups excluding carboxylic acids is 1. The van der Waals surface area contributed by atoms with Gasteiger partial charge in [-0.25, -0.2) is 9.07 Å². The molecule has 2 atom stereocenters. The van der Waals surface area contributed by atoms with Crippen molar-refractivity contribution in [2.45, 2.75) is 70.8 Å². The van der Waals surface area contributed by atoms with E-state index in [0.29, 0.717) is 17.0 Å². The number of allylic oxidation sites excluding steroid dienone is 1. The van der Waals surface area contributed by atoms with Gasteiger partial charge >= 0.3 is 0 Å². The molecule has 37 heavy (non-hydrogen) atoms. The number of hydrogen-bond acceptors (Lipinski definition) is 4. The molecule has 0 amide bonds. The van der Waals surface area contributed by atoms with Crippen LogP contribution in [0.25, 0.3) is 23.0 Å². The number of nitrogens with zero attached hydrogens (tertiary/aromatic N) is 3. The monoisotopic (exact) mass is 498 g/mol. The number of halogens is 1. The number of nitrogens with two attached hydrogens (primary N) is 1. The number of aromatic nitrogens is 2. The summed E-state index contributed by atoms with van der Waals surface area (Å²) >= 11 is 0. The number of Topliss-reactive ketones (excluding diaryl/α,β-unsaturated/α-hetero) is 1. The molecular weight excluding hydrogens is 463 g/mol. The minimum atomic E-state index is -0.409. The maximum absolute atomic E-state index is 15.4. The van der Waals surface area contributed by atoms with Crippen LogP contribution >= 0.6 is 0 Å². The number of hydrogen-bond donors (Lipinski definition) is 1. The fourth-order valence-electron chi connectivity index (χ4n) is 4.94. The molecule has 1 fully saturated rings. The summed E-state index contributed by atoms with van der Waals surface area (Å²) in [5, 5.41) is 13.8. The molecule has 3 aromatic rings. The third kappa shape index (κ3) is 6.61. The van der Waals surface area contributed by atoms with Gasteiger partial charge in [-0.2, -0.15) is 10.4 Å². The lowest BCUT2D eigenvalue weighted by Gasteiger charge is -2.11. The Labute approximate surface area is 218 Å². The van der Waals surface area contributed by atoms with E-state index in [1.165, 1.54) is 23.6 Å². The SMILES string of the molecule is CCCCC/C=C/c1ccc(-n2nc(C(=O)C3CCC[C@@H](N)CC3)cc2-c2ccc(C#N)cc2)c(F)c1. The van der Waals surface area contributed by atoms with Crippen LogP contribution in [0.1, 0.15) is 86.3 Å². The third-order valence-corrected chi connectivity index (χ3v) is 7.14. The first-order chi connectivity index (χ1) is 18.0. The number of benzene rings is 2. The van der Waals surface area contributed by atoms with Crippen molar-refractivity contribution in [3.8, 4) is 23.0 Å². The Morgan fingerprint density at radius 3 is 2.68 bits per heavy atom. The van der Waals surface area contributed by atoms with E-state index in [2.05, 4.69) is 24.2 Å². The first kappa shape index (κ1) is 26.5. The second-order valence-corrected chi connectivity index (χ2v) is 9.95. The van der Waals surface area contributed by atoms with Gasteiger partial charge in [0, 0.05) is 17.5 Å². The fourth-order valence-corrected chi connectivity index (χ4v) is 4.94. The molecule has 0 spiro atoms. The Balaban J connectivity index is 1.68. The topological polar surface area (TPSA) is 84.7 Å². The molecule has 4 rings (SSSR count). The number of carbonyl (C=O) groups is 1. The second-order valence-electron chi connectivity index (χ2n) is 9.95. The van der Waals surface area contributed by atoms with Crippen LogP contribution in [0, 0.1) is 23.1 Å². The molecule has 192 valence electrons. The van der Waals surface area contributed by atoms with Gasteiger partial charge in [-0.15, -0.1) is 0 Å². The minimum absolute atomic E-state index is 0.0187. The zero-order valence-electron chi connectivity index (χ0n) is 21.5. The smallest absolute Gasteiger partial charge is 0.186 e. The van der Waals surface area contributed by atoms with Crippen molar-refractivity contribution >= 4 is 11.9 Å². The summed E-state index contributed by atoms with van der Waals surface area (Å²) in [5.41, 5.74) is 9.42. The van der Waals surface area contributed by atoms with Crippen LogP contribution in [0.4, 0.5) is 4.39 Å². The molecule has 2 N–H and O–H groups in total. The Bertz CT molecular complexity index is 1290. The Morgan fingerprint density at radius 2 is 1.95 bits per heavy atom. The molecule has 6 heteroatoms. The van der Waals surface area contributed by atoms with Gasteiger partial charge in [-0.05, 0) is 74.4 Å². The van der Waals surface area contributed by atoms with Crippen LogP contribution in [0.2, 0.25) is 0 Å². The first-order valence-electron chi connectivity index (χ1n) is 13.4. The maximum Gasteiger partial charge on any atom is 0.186 e. The Kier molecular flexibility index (Phi) is 9.03. The first-order valence-corrected chi connectivity index (χ1v) is 13.4. The van der Waals surface area contributed by atoms with Gasteiger partial charge in [0.25, 0.3) is 0 Å². The molecule has 2 aromatic carbocycles. The number of unbranched alkanes of at least 4 members (excludes halogenated alkanes) is 3. The van der Waals surface area contributed by atoms with Crippen LogP contribution in [0.15, 0.2) is 54.6 Å². The highest BCUT2D eigenvalue weighted by atomic mass is 19.1. The zero-order chi connectivity index (χ0) is 26.2. The van der Waals surface area contributed by atoms with Crippen molar-refractivity contribution in [3.05, 3.63) is 77.2 Å². The highest BCUT2D eigenvalue weighted by molar-refractivity contribution is 5.97. The van der Waals surface area contributed by atoms with E-state index in [1.807, 2.05) is 12.1 Å². The van der Waals surface area contributed by atoms with Crippen LogP contribution in [-0.4, -0.2) is 21.6 Å². The molecule has 1 unspecified atom stereocenters. The van der Waals surface area contributed by atoms with Crippen molar-refractivity contribution < 1.29 is 9.18 Å². The van der Waals surface area contributed by atoms with Crippen LogP contribution in [0.5, 0.6) is 0 Å². The van der Waals surface area contributed by atoms with Gasteiger partial charge in [0.15, 0.2) is 5.78 Å². The fraction of sp³-hybridized carbons (Fsp3) is 0.387. The van der Waals surface area contributed by atoms with E-state index in [9.17, 15) is 10.1 Å². The number of ketones is 1. The lowest BCUT2D eigenvalue weighted by atomic mass is 9.93. The molecule has 1 aliphatic carbocycles. The van der Waals surface area contributed by atoms with Gasteiger partial charge in [-0.1, -0.05) is 56.5 Å². The molecule has 1 aromatic heterocycles. The van der Waals surface area contributed by atoms with Gasteiger partial charge in [-0.3, -0.25) is 4.79 Å². The summed E-state index contributed by atoms with van der Waals surface area (Å²) in [5.74, 6) is -0.557. The van der Waals surface area contributed by atoms with Crippen LogP contribution in [-0.2, 0) is 0 Å².